The molecule has 19 heavy (non-hydrogen) atoms. The van der Waals surface area contributed by atoms with Crippen LogP contribution >= 0.6 is 0 Å². The zero-order valence-corrected chi connectivity index (χ0v) is 11.8. The Morgan fingerprint density at radius 1 is 1.42 bits per heavy atom. The van der Waals surface area contributed by atoms with Crippen LogP contribution in [0.3, 0.4) is 0 Å². The summed E-state index contributed by atoms with van der Waals surface area (Å²) in [6, 6.07) is 0. The molecule has 0 aromatic carbocycles. The largest absolute Gasteiger partial charge is 0.383 e. The fraction of sp³-hybridized carbons (Fsp3) is 0.462. The molecule has 2 aromatic rings. The minimum Gasteiger partial charge on any atom is -0.383 e. The van der Waals surface area contributed by atoms with E-state index in [0.29, 0.717) is 12.4 Å². The molecule has 0 aliphatic rings. The smallest absolute Gasteiger partial charge is 0.242 e. The van der Waals surface area contributed by atoms with E-state index < -0.39 is 0 Å². The average Bonchev–Trinajstić information content (AvgIpc) is 2.64. The highest BCUT2D eigenvalue weighted by Crippen LogP contribution is 2.26. The van der Waals surface area contributed by atoms with E-state index in [2.05, 4.69) is 9.97 Å². The quantitative estimate of drug-likeness (QED) is 0.897. The van der Waals surface area contributed by atoms with Gasteiger partial charge in [-0.3, -0.25) is 4.79 Å². The van der Waals surface area contributed by atoms with Crippen molar-refractivity contribution in [3.8, 4) is 0 Å². The minimum atomic E-state index is 0.0553. The zero-order chi connectivity index (χ0) is 14.2. The molecule has 0 aliphatic heterocycles. The Morgan fingerprint density at radius 3 is 2.74 bits per heavy atom. The molecule has 2 aromatic heterocycles. The third-order valence-electron chi connectivity index (χ3n) is 3.63. The monoisotopic (exact) mass is 261 g/mol. The molecular formula is C13H19N5O. The summed E-state index contributed by atoms with van der Waals surface area (Å²) in [6.45, 7) is 6.85. The number of amides is 1. The molecule has 1 amide bonds. The fourth-order valence-corrected chi connectivity index (χ4v) is 2.12. The number of rotatable bonds is 3. The lowest BCUT2D eigenvalue weighted by molar-refractivity contribution is -0.130. The van der Waals surface area contributed by atoms with E-state index in [1.165, 1.54) is 6.33 Å². The fourth-order valence-electron chi connectivity index (χ4n) is 2.12. The lowest BCUT2D eigenvalue weighted by atomic mass is 10.2. The summed E-state index contributed by atoms with van der Waals surface area (Å²) >= 11 is 0. The molecule has 6 heteroatoms. The van der Waals surface area contributed by atoms with E-state index in [9.17, 15) is 4.79 Å². The third kappa shape index (κ3) is 2.14. The summed E-state index contributed by atoms with van der Waals surface area (Å²) < 4.78 is 1.90. The number of likely N-dealkylation sites (N-methyl/N-ethyl adjacent to an activating group) is 1. The van der Waals surface area contributed by atoms with Gasteiger partial charge in [-0.2, -0.15) is 0 Å². The van der Waals surface area contributed by atoms with Crippen molar-refractivity contribution in [2.24, 2.45) is 0 Å². The van der Waals surface area contributed by atoms with E-state index in [1.807, 2.05) is 25.3 Å². The molecule has 0 radical (unpaired) electrons. The van der Waals surface area contributed by atoms with Crippen LogP contribution in [0.4, 0.5) is 5.82 Å². The van der Waals surface area contributed by atoms with Crippen LogP contribution in [0.15, 0.2) is 6.33 Å². The van der Waals surface area contributed by atoms with Crippen molar-refractivity contribution in [2.45, 2.75) is 27.3 Å². The van der Waals surface area contributed by atoms with Crippen LogP contribution in [-0.2, 0) is 11.3 Å². The van der Waals surface area contributed by atoms with Gasteiger partial charge in [0.25, 0.3) is 0 Å². The molecule has 0 unspecified atom stereocenters. The molecule has 0 spiro atoms. The zero-order valence-electron chi connectivity index (χ0n) is 11.8. The maximum Gasteiger partial charge on any atom is 0.242 e. The van der Waals surface area contributed by atoms with E-state index >= 15 is 0 Å². The number of nitrogens with zero attached hydrogens (tertiary/aromatic N) is 4. The Bertz CT molecular complexity index is 631. The summed E-state index contributed by atoms with van der Waals surface area (Å²) in [5.41, 5.74) is 8.65. The number of anilines is 1. The standard InChI is InChI=1S/C13H19N5O/c1-5-17(4)10(19)6-18-9(3)8(2)11-12(14)15-7-16-13(11)18/h7H,5-6H2,1-4H3,(H2,14,15,16). The number of aryl methyl sites for hydroxylation is 1. The third-order valence-corrected chi connectivity index (χ3v) is 3.63. The summed E-state index contributed by atoms with van der Waals surface area (Å²) in [4.78, 5) is 22.0. The highest BCUT2D eigenvalue weighted by molar-refractivity contribution is 5.91. The van der Waals surface area contributed by atoms with Gasteiger partial charge in [0.15, 0.2) is 0 Å². The molecule has 0 aliphatic carbocycles. The lowest BCUT2D eigenvalue weighted by Gasteiger charge is -2.16. The van der Waals surface area contributed by atoms with Gasteiger partial charge in [-0.05, 0) is 26.3 Å². The number of carbonyl (C=O) groups is 1. The number of fused-ring (bicyclic) bond motifs is 1. The number of hydrogen-bond donors (Lipinski definition) is 1. The van der Waals surface area contributed by atoms with Crippen molar-refractivity contribution in [1.29, 1.82) is 0 Å². The molecule has 6 nitrogen and oxygen atoms in total. The molecule has 0 saturated carbocycles. The second-order valence-electron chi connectivity index (χ2n) is 4.66. The Morgan fingerprint density at radius 2 is 2.11 bits per heavy atom. The van der Waals surface area contributed by atoms with E-state index in [0.717, 1.165) is 22.3 Å². The molecule has 102 valence electrons. The van der Waals surface area contributed by atoms with Crippen molar-refractivity contribution in [2.75, 3.05) is 19.3 Å². The van der Waals surface area contributed by atoms with Crippen LogP contribution < -0.4 is 5.73 Å². The Hall–Kier alpha value is -2.11. The van der Waals surface area contributed by atoms with Crippen molar-refractivity contribution in [3.05, 3.63) is 17.6 Å². The second kappa shape index (κ2) is 4.87. The minimum absolute atomic E-state index is 0.0553. The van der Waals surface area contributed by atoms with Gasteiger partial charge >= 0.3 is 0 Å². The summed E-state index contributed by atoms with van der Waals surface area (Å²) in [5, 5.41) is 0.840. The molecular weight excluding hydrogens is 242 g/mol. The second-order valence-corrected chi connectivity index (χ2v) is 4.66. The number of hydrogen-bond acceptors (Lipinski definition) is 4. The number of nitrogen functional groups attached to an aromatic ring is 1. The van der Waals surface area contributed by atoms with Crippen molar-refractivity contribution >= 4 is 22.8 Å². The molecule has 0 saturated heterocycles. The van der Waals surface area contributed by atoms with Gasteiger partial charge in [0.05, 0.1) is 5.39 Å². The van der Waals surface area contributed by atoms with Gasteiger partial charge in [0.2, 0.25) is 5.91 Å². The highest BCUT2D eigenvalue weighted by atomic mass is 16.2. The van der Waals surface area contributed by atoms with E-state index in [4.69, 9.17) is 5.73 Å². The molecule has 2 rings (SSSR count). The summed E-state index contributed by atoms with van der Waals surface area (Å²) in [5.74, 6) is 0.514. The SMILES string of the molecule is CCN(C)C(=O)Cn1c(C)c(C)c2c(N)ncnc21. The van der Waals surface area contributed by atoms with Crippen molar-refractivity contribution < 1.29 is 4.79 Å². The van der Waals surface area contributed by atoms with E-state index in [-0.39, 0.29) is 12.5 Å². The van der Waals surface area contributed by atoms with Crippen molar-refractivity contribution in [3.63, 3.8) is 0 Å². The first-order valence-corrected chi connectivity index (χ1v) is 6.27. The van der Waals surface area contributed by atoms with Crippen LogP contribution in [-0.4, -0.2) is 38.9 Å². The van der Waals surface area contributed by atoms with Crippen LogP contribution in [0, 0.1) is 13.8 Å². The first-order chi connectivity index (χ1) is 8.97. The lowest BCUT2D eigenvalue weighted by Crippen LogP contribution is -2.30. The van der Waals surface area contributed by atoms with Crippen LogP contribution in [0.2, 0.25) is 0 Å². The number of carbonyl (C=O) groups excluding carboxylic acids is 1. The molecule has 0 atom stereocenters. The average molecular weight is 261 g/mol. The first kappa shape index (κ1) is 13.3. The van der Waals surface area contributed by atoms with Gasteiger partial charge in [-0.25, -0.2) is 9.97 Å². The summed E-state index contributed by atoms with van der Waals surface area (Å²) in [6.07, 6.45) is 1.43. The van der Waals surface area contributed by atoms with E-state index in [1.54, 1.807) is 11.9 Å². The molecule has 0 bridgehead atoms. The van der Waals surface area contributed by atoms with Gasteiger partial charge in [-0.1, -0.05) is 0 Å². The Labute approximate surface area is 112 Å². The number of aromatic nitrogens is 3. The normalized spacial score (nSPS) is 10.9. The van der Waals surface area contributed by atoms with Gasteiger partial charge in [-0.15, -0.1) is 0 Å². The molecule has 2 heterocycles. The predicted molar refractivity (Wildman–Crippen MR) is 74.7 cm³/mol. The van der Waals surface area contributed by atoms with Gasteiger partial charge in [0, 0.05) is 19.3 Å². The van der Waals surface area contributed by atoms with Crippen LogP contribution in [0.1, 0.15) is 18.2 Å². The van der Waals surface area contributed by atoms with Crippen LogP contribution in [0.25, 0.3) is 11.0 Å². The van der Waals surface area contributed by atoms with Crippen LogP contribution in [0.5, 0.6) is 0 Å². The van der Waals surface area contributed by atoms with Gasteiger partial charge in [0.1, 0.15) is 24.3 Å². The first-order valence-electron chi connectivity index (χ1n) is 6.27. The number of nitrogens with two attached hydrogens (primary N) is 1. The highest BCUT2D eigenvalue weighted by Gasteiger charge is 2.17. The Balaban J connectivity index is 2.52. The Kier molecular flexibility index (Phi) is 3.42. The van der Waals surface area contributed by atoms with Gasteiger partial charge < -0.3 is 15.2 Å². The summed E-state index contributed by atoms with van der Waals surface area (Å²) in [7, 11) is 1.79. The predicted octanol–water partition coefficient (Wildman–Crippen LogP) is 1.11. The maximum atomic E-state index is 12.1. The maximum absolute atomic E-state index is 12.1. The van der Waals surface area contributed by atoms with Crippen molar-refractivity contribution in [1.82, 2.24) is 19.4 Å². The molecule has 0 fully saturated rings. The molecule has 2 N–H and O–H groups in total. The topological polar surface area (TPSA) is 77.0 Å².